The van der Waals surface area contributed by atoms with Crippen molar-refractivity contribution < 1.29 is 56.4 Å². The number of rotatable bonds is 10. The van der Waals surface area contributed by atoms with Gasteiger partial charge in [-0.25, -0.2) is 14.8 Å². The van der Waals surface area contributed by atoms with Crippen molar-refractivity contribution >= 4 is 47.8 Å². The van der Waals surface area contributed by atoms with Gasteiger partial charge in [-0.1, -0.05) is 5.04 Å². The molecule has 0 saturated carbocycles. The third kappa shape index (κ3) is 6.84. The van der Waals surface area contributed by atoms with Crippen LogP contribution in [-0.2, 0) is 35.2 Å². The van der Waals surface area contributed by atoms with E-state index in [0.29, 0.717) is 12.0 Å². The molecule has 0 atom stereocenters. The lowest BCUT2D eigenvalue weighted by atomic mass is 10.1. The topological polar surface area (TPSA) is 235 Å². The molecule has 2 aromatic rings. The van der Waals surface area contributed by atoms with E-state index in [-0.39, 0.29) is 33.9 Å². The highest BCUT2D eigenvalue weighted by Crippen LogP contribution is 2.40. The number of azo groups is 1. The van der Waals surface area contributed by atoms with Crippen molar-refractivity contribution in [1.29, 1.82) is 0 Å². The number of pyridine rings is 1. The quantitative estimate of drug-likeness (QED) is 0.0586. The standard InChI is InChI=1S/C14H14N3O12PS2/c1-7-13(19)9(5-18)10(6-27-30(21,22)23)14(15-7)17-16-11-3-2-8(32(24,25)26)4-12(11)31-29-28-20/h2-5,19-20H,6H2,1H3,(H2,21,22,23)(H,24,25,26)/b17-16+. The van der Waals surface area contributed by atoms with Crippen LogP contribution in [0.15, 0.2) is 38.2 Å². The minimum atomic E-state index is -4.96. The number of nitrogens with zero attached hydrogens (tertiary/aromatic N) is 3. The fourth-order valence-electron chi connectivity index (χ4n) is 2.20. The van der Waals surface area contributed by atoms with Crippen molar-refractivity contribution in [3.05, 3.63) is 35.0 Å². The normalized spacial score (nSPS) is 12.4. The fourth-order valence-corrected chi connectivity index (χ4v) is 3.55. The third-order valence-corrected chi connectivity index (χ3v) is 5.55. The Hall–Kier alpha value is -2.31. The van der Waals surface area contributed by atoms with Crippen LogP contribution in [0, 0.1) is 6.92 Å². The van der Waals surface area contributed by atoms with E-state index in [0.717, 1.165) is 18.2 Å². The number of aromatic nitrogens is 1. The van der Waals surface area contributed by atoms with Crippen LogP contribution in [0.2, 0.25) is 0 Å². The summed E-state index contributed by atoms with van der Waals surface area (Å²) in [7, 11) is -9.56. The summed E-state index contributed by atoms with van der Waals surface area (Å²) in [6.07, 6.45) is 0.204. The van der Waals surface area contributed by atoms with Gasteiger partial charge in [0.1, 0.15) is 11.4 Å². The van der Waals surface area contributed by atoms with E-state index in [1.165, 1.54) is 6.92 Å². The Morgan fingerprint density at radius 2 is 1.97 bits per heavy atom. The second kappa shape index (κ2) is 10.5. The smallest absolute Gasteiger partial charge is 0.469 e. The molecule has 1 heterocycles. The molecule has 2 rings (SSSR count). The van der Waals surface area contributed by atoms with Crippen LogP contribution in [0.25, 0.3) is 0 Å². The zero-order valence-electron chi connectivity index (χ0n) is 15.7. The number of aromatic hydroxyl groups is 1. The van der Waals surface area contributed by atoms with E-state index in [2.05, 4.69) is 29.1 Å². The summed E-state index contributed by atoms with van der Waals surface area (Å²) < 4.78 is 51.4. The monoisotopic (exact) mass is 511 g/mol. The van der Waals surface area contributed by atoms with Crippen molar-refractivity contribution in [2.24, 2.45) is 10.2 Å². The summed E-state index contributed by atoms with van der Waals surface area (Å²) in [6, 6.07) is 2.98. The third-order valence-electron chi connectivity index (χ3n) is 3.60. The van der Waals surface area contributed by atoms with Gasteiger partial charge in [0.15, 0.2) is 12.1 Å². The van der Waals surface area contributed by atoms with Gasteiger partial charge in [-0.05, 0) is 25.1 Å². The molecule has 0 aliphatic carbocycles. The molecular weight excluding hydrogens is 497 g/mol. The van der Waals surface area contributed by atoms with Crippen molar-refractivity contribution in [1.82, 2.24) is 4.98 Å². The molecule has 15 nitrogen and oxygen atoms in total. The Labute approximate surface area is 183 Å². The van der Waals surface area contributed by atoms with Gasteiger partial charge in [-0.2, -0.15) is 8.42 Å². The number of carbonyl (C=O) groups is 1. The lowest BCUT2D eigenvalue weighted by Gasteiger charge is -2.12. The minimum Gasteiger partial charge on any atom is -0.505 e. The van der Waals surface area contributed by atoms with E-state index in [1.807, 2.05) is 0 Å². The van der Waals surface area contributed by atoms with E-state index < -0.39 is 40.8 Å². The summed E-state index contributed by atoms with van der Waals surface area (Å²) in [4.78, 5) is 32.5. The SMILES string of the molecule is Cc1nc(/N=N/c2ccc(S(=O)(=O)O)cc2SOOO)c(COP(=O)(O)O)c(C=O)c1O. The first-order chi connectivity index (χ1) is 14.9. The maximum Gasteiger partial charge on any atom is 0.469 e. The summed E-state index contributed by atoms with van der Waals surface area (Å²) in [5, 5.41) is 29.4. The minimum absolute atomic E-state index is 0.0608. The number of benzene rings is 1. The molecule has 0 unspecified atom stereocenters. The van der Waals surface area contributed by atoms with Gasteiger partial charge in [-0.15, -0.1) is 14.6 Å². The Morgan fingerprint density at radius 3 is 2.53 bits per heavy atom. The Bertz CT molecular complexity index is 1200. The predicted molar refractivity (Wildman–Crippen MR) is 104 cm³/mol. The zero-order valence-corrected chi connectivity index (χ0v) is 18.2. The van der Waals surface area contributed by atoms with Crippen LogP contribution >= 0.6 is 19.9 Å². The molecule has 1 aromatic carbocycles. The lowest BCUT2D eigenvalue weighted by molar-refractivity contribution is -0.432. The fraction of sp³-hybridized carbons (Fsp3) is 0.143. The maximum atomic E-state index is 11.4. The van der Waals surface area contributed by atoms with E-state index >= 15 is 0 Å². The lowest BCUT2D eigenvalue weighted by Crippen LogP contribution is -2.01. The van der Waals surface area contributed by atoms with E-state index in [4.69, 9.17) is 19.6 Å². The first kappa shape index (κ1) is 25.9. The van der Waals surface area contributed by atoms with Crippen LogP contribution in [0.1, 0.15) is 21.6 Å². The van der Waals surface area contributed by atoms with Crippen molar-refractivity contribution in [3.63, 3.8) is 0 Å². The highest BCUT2D eigenvalue weighted by molar-refractivity contribution is 7.94. The average molecular weight is 511 g/mol. The van der Waals surface area contributed by atoms with Gasteiger partial charge in [0.2, 0.25) is 0 Å². The number of carbonyl (C=O) groups excluding carboxylic acids is 1. The Morgan fingerprint density at radius 1 is 1.28 bits per heavy atom. The second-order valence-electron chi connectivity index (χ2n) is 5.67. The molecule has 0 fully saturated rings. The molecule has 0 radical (unpaired) electrons. The molecule has 0 spiro atoms. The molecule has 174 valence electrons. The largest absolute Gasteiger partial charge is 0.505 e. The molecule has 5 N–H and O–H groups in total. The molecule has 0 amide bonds. The molecule has 0 aliphatic rings. The van der Waals surface area contributed by atoms with Crippen LogP contribution in [0.5, 0.6) is 5.75 Å². The molecule has 0 bridgehead atoms. The highest BCUT2D eigenvalue weighted by atomic mass is 32.2. The second-order valence-corrected chi connectivity index (χ2v) is 9.08. The summed E-state index contributed by atoms with van der Waals surface area (Å²) >= 11 is 0.298. The molecule has 0 aliphatic heterocycles. The summed E-state index contributed by atoms with van der Waals surface area (Å²) in [6.45, 7) is 0.460. The van der Waals surface area contributed by atoms with Crippen molar-refractivity contribution in [2.75, 3.05) is 0 Å². The van der Waals surface area contributed by atoms with Crippen LogP contribution in [0.4, 0.5) is 11.5 Å². The van der Waals surface area contributed by atoms with Crippen LogP contribution in [-0.4, -0.2) is 44.4 Å². The maximum absolute atomic E-state index is 11.4. The number of phosphoric acid groups is 1. The highest BCUT2D eigenvalue weighted by Gasteiger charge is 2.22. The summed E-state index contributed by atoms with van der Waals surface area (Å²) in [5.74, 6) is -0.921. The van der Waals surface area contributed by atoms with Gasteiger partial charge in [0.05, 0.1) is 39.7 Å². The predicted octanol–water partition coefficient (Wildman–Crippen LogP) is 2.61. The van der Waals surface area contributed by atoms with Gasteiger partial charge in [0, 0.05) is 5.56 Å². The molecule has 1 aromatic heterocycles. The Balaban J connectivity index is 2.57. The van der Waals surface area contributed by atoms with Gasteiger partial charge >= 0.3 is 7.82 Å². The molecule has 32 heavy (non-hydrogen) atoms. The average Bonchev–Trinajstić information content (AvgIpc) is 2.70. The van der Waals surface area contributed by atoms with E-state index in [9.17, 15) is 22.9 Å². The van der Waals surface area contributed by atoms with E-state index in [1.54, 1.807) is 0 Å². The van der Waals surface area contributed by atoms with Crippen molar-refractivity contribution in [3.8, 4) is 5.75 Å². The number of aryl methyl sites for hydroxylation is 1. The van der Waals surface area contributed by atoms with Gasteiger partial charge in [-0.3, -0.25) is 13.9 Å². The van der Waals surface area contributed by atoms with Gasteiger partial charge < -0.3 is 14.9 Å². The first-order valence-corrected chi connectivity index (χ1v) is 11.6. The first-order valence-electron chi connectivity index (χ1n) is 7.93. The molecule has 0 saturated heterocycles. The number of hydrogen-bond donors (Lipinski definition) is 5. The van der Waals surface area contributed by atoms with Crippen LogP contribution < -0.4 is 0 Å². The number of phosphoric ester groups is 1. The molecule has 18 heteroatoms. The zero-order chi connectivity index (χ0) is 24.1. The van der Waals surface area contributed by atoms with Crippen molar-refractivity contribution in [2.45, 2.75) is 23.3 Å². The van der Waals surface area contributed by atoms with Crippen LogP contribution in [0.3, 0.4) is 0 Å². The number of aldehydes is 1. The summed E-state index contributed by atoms with van der Waals surface area (Å²) in [5.41, 5.74) is -0.849. The number of hydrogen-bond acceptors (Lipinski definition) is 13. The Kier molecular flexibility index (Phi) is 8.54. The molecular formula is C14H14N3O12PS2. The van der Waals surface area contributed by atoms with Gasteiger partial charge in [0.25, 0.3) is 10.1 Å².